The summed E-state index contributed by atoms with van der Waals surface area (Å²) in [5.74, 6) is -1.14. The first-order valence-corrected chi connectivity index (χ1v) is 19.1. The maximum Gasteiger partial charge on any atom is 0.337 e. The fourth-order valence-corrected chi connectivity index (χ4v) is 10.6. The minimum atomic E-state index is -0.955. The van der Waals surface area contributed by atoms with Gasteiger partial charge in [-0.1, -0.05) is 0 Å². The van der Waals surface area contributed by atoms with E-state index in [4.69, 9.17) is 9.47 Å². The minimum absolute atomic E-state index is 0.0142. The first-order valence-electron chi connectivity index (χ1n) is 17.5. The molecule has 0 spiro atoms. The van der Waals surface area contributed by atoms with Gasteiger partial charge in [0.05, 0.1) is 48.9 Å². The Morgan fingerprint density at radius 1 is 0.673 bits per heavy atom. The molecule has 8 rings (SSSR count). The third-order valence-corrected chi connectivity index (χ3v) is 13.3. The highest BCUT2D eigenvalue weighted by atomic mass is 32.1. The molecule has 0 radical (unpaired) electrons. The van der Waals surface area contributed by atoms with E-state index in [0.717, 1.165) is 59.0 Å². The Labute approximate surface area is 308 Å². The summed E-state index contributed by atoms with van der Waals surface area (Å²) in [6, 6.07) is 4.83. The summed E-state index contributed by atoms with van der Waals surface area (Å²) in [6.45, 7) is 0. The van der Waals surface area contributed by atoms with E-state index >= 15 is 0 Å². The van der Waals surface area contributed by atoms with Gasteiger partial charge in [0.1, 0.15) is 44.7 Å². The van der Waals surface area contributed by atoms with Crippen molar-refractivity contribution in [2.24, 2.45) is 0 Å². The van der Waals surface area contributed by atoms with Crippen molar-refractivity contribution in [3.63, 3.8) is 0 Å². The van der Waals surface area contributed by atoms with E-state index in [-0.39, 0.29) is 48.3 Å². The molecule has 0 aromatic carbocycles. The van der Waals surface area contributed by atoms with Gasteiger partial charge in [0.2, 0.25) is 0 Å². The summed E-state index contributed by atoms with van der Waals surface area (Å²) >= 11 is 3.37. The Hall–Kier alpha value is -4.92. The number of ether oxygens (including phenoxy) is 2. The summed E-state index contributed by atoms with van der Waals surface area (Å²) < 4.78 is 9.60. The maximum absolute atomic E-state index is 12.1. The summed E-state index contributed by atoms with van der Waals surface area (Å²) in [4.78, 5) is 46.6. The van der Waals surface area contributed by atoms with Gasteiger partial charge in [-0.05, 0) is 75.3 Å². The van der Waals surface area contributed by atoms with Crippen LogP contribution in [0.3, 0.4) is 0 Å². The van der Waals surface area contributed by atoms with Crippen LogP contribution in [0.5, 0.6) is 0 Å². The summed E-state index contributed by atoms with van der Waals surface area (Å²) in [7, 11) is 2.56. The van der Waals surface area contributed by atoms with Crippen LogP contribution in [0.2, 0.25) is 0 Å². The van der Waals surface area contributed by atoms with Crippen LogP contribution in [-0.4, -0.2) is 56.3 Å². The second kappa shape index (κ2) is 14.2. The topological polar surface area (TPSA) is 192 Å². The third-order valence-electron chi connectivity index (χ3n) is 10.9. The molecule has 0 amide bonds. The lowest BCUT2D eigenvalue weighted by molar-refractivity contribution is -0.137. The van der Waals surface area contributed by atoms with Crippen molar-refractivity contribution in [2.75, 3.05) is 14.2 Å². The fourth-order valence-electron chi connectivity index (χ4n) is 8.18. The zero-order valence-corrected chi connectivity index (χ0v) is 30.7. The van der Waals surface area contributed by atoms with Crippen LogP contribution in [-0.2, 0) is 55.6 Å². The highest BCUT2D eigenvalue weighted by molar-refractivity contribution is 7.19. The summed E-state index contributed by atoms with van der Waals surface area (Å²) in [6.07, 6.45) is 13.2. The van der Waals surface area contributed by atoms with Crippen LogP contribution in [0.25, 0.3) is 20.4 Å². The number of thiophene rings is 2. The van der Waals surface area contributed by atoms with Crippen LogP contribution in [0.4, 0.5) is 0 Å². The Morgan fingerprint density at radius 2 is 1.08 bits per heavy atom. The van der Waals surface area contributed by atoms with E-state index < -0.39 is 22.8 Å². The van der Waals surface area contributed by atoms with Crippen molar-refractivity contribution >= 4 is 55.0 Å². The largest absolute Gasteiger partial charge is 0.512 e. The van der Waals surface area contributed by atoms with E-state index in [2.05, 4.69) is 32.1 Å². The quantitative estimate of drug-likeness (QED) is 0.204. The zero-order chi connectivity index (χ0) is 36.6. The van der Waals surface area contributed by atoms with Crippen molar-refractivity contribution in [1.29, 1.82) is 10.5 Å². The number of carbonyl (C=O) groups is 2. The monoisotopic (exact) mass is 738 g/mol. The third kappa shape index (κ3) is 5.97. The van der Waals surface area contributed by atoms with Gasteiger partial charge in [0.15, 0.2) is 0 Å². The minimum Gasteiger partial charge on any atom is -0.512 e. The molecule has 268 valence electrons. The van der Waals surface area contributed by atoms with Gasteiger partial charge < -0.3 is 19.7 Å². The van der Waals surface area contributed by atoms with E-state index in [1.807, 2.05) is 0 Å². The fraction of sp³-hybridized carbons (Fsp3) is 0.474. The zero-order valence-electron chi connectivity index (χ0n) is 29.1. The lowest BCUT2D eigenvalue weighted by Gasteiger charge is -2.31. The van der Waals surface area contributed by atoms with Gasteiger partial charge in [-0.2, -0.15) is 10.5 Å². The number of allylic oxidation sites excluding steroid dienone is 2. The predicted octanol–water partition coefficient (Wildman–Crippen LogP) is 7.00. The van der Waals surface area contributed by atoms with Crippen LogP contribution < -0.4 is 0 Å². The van der Waals surface area contributed by atoms with Crippen LogP contribution in [0.1, 0.15) is 96.5 Å². The molecule has 52 heavy (non-hydrogen) atoms. The molecule has 4 aromatic heterocycles. The molecule has 0 unspecified atom stereocenters. The molecular weight excluding hydrogens is 701 g/mol. The number of methoxy groups -OCH3 is 2. The molecular formula is C38H38N6O6S2. The first-order chi connectivity index (χ1) is 25.2. The average Bonchev–Trinajstić information content (AvgIpc) is 3.77. The van der Waals surface area contributed by atoms with Crippen molar-refractivity contribution in [1.82, 2.24) is 19.9 Å². The number of aromatic nitrogens is 4. The Balaban J connectivity index is 0.000000162. The van der Waals surface area contributed by atoms with Crippen molar-refractivity contribution in [2.45, 2.75) is 101 Å². The van der Waals surface area contributed by atoms with E-state index in [9.17, 15) is 30.3 Å². The van der Waals surface area contributed by atoms with Crippen molar-refractivity contribution in [3.8, 4) is 12.1 Å². The number of rotatable bonds is 4. The number of aliphatic hydroxyl groups excluding tert-OH is 2. The van der Waals surface area contributed by atoms with Gasteiger partial charge in [-0.3, -0.25) is 0 Å². The number of nitrogens with zero attached hydrogens (tertiary/aromatic N) is 6. The standard InChI is InChI=1S/2C19H19N3O3S/c2*1-25-18(24)12-8-19(9-20,7-6-13(12)23)16-15-11-4-2-3-5-14(11)26-17(15)22-10-21-16/h2*10,23H,2-8H2,1H3/t2*19-/m10/s1. The lowest BCUT2D eigenvalue weighted by atomic mass is 9.70. The van der Waals surface area contributed by atoms with Gasteiger partial charge in [-0.15, -0.1) is 22.7 Å². The molecule has 0 saturated heterocycles. The van der Waals surface area contributed by atoms with Gasteiger partial charge >= 0.3 is 11.9 Å². The SMILES string of the molecule is COC(=O)C1=C(O)CC[C@@](C#N)(c2ncnc3sc4c(c23)CCCC4)C1.COC(=O)C1=C(O)CC[C@](C#N)(c2ncnc3sc4c(c23)CCCC4)C1. The lowest BCUT2D eigenvalue weighted by Crippen LogP contribution is -2.32. The number of esters is 2. The number of aliphatic hydroxyl groups is 2. The summed E-state index contributed by atoms with van der Waals surface area (Å²) in [5, 5.41) is 42.5. The molecule has 2 N–H and O–H groups in total. The molecule has 0 aliphatic heterocycles. The van der Waals surface area contributed by atoms with Crippen molar-refractivity contribution in [3.05, 3.63) is 67.6 Å². The van der Waals surface area contributed by atoms with Gasteiger partial charge in [0.25, 0.3) is 0 Å². The Kier molecular flexibility index (Phi) is 9.72. The van der Waals surface area contributed by atoms with Crippen molar-refractivity contribution < 1.29 is 29.3 Å². The van der Waals surface area contributed by atoms with Gasteiger partial charge in [0, 0.05) is 46.2 Å². The summed E-state index contributed by atoms with van der Waals surface area (Å²) in [5.41, 5.74) is 2.36. The van der Waals surface area contributed by atoms with E-state index in [1.165, 1.54) is 60.6 Å². The average molecular weight is 739 g/mol. The number of fused-ring (bicyclic) bond motifs is 6. The molecule has 0 saturated carbocycles. The molecule has 12 nitrogen and oxygen atoms in total. The normalized spacial score (nSPS) is 22.8. The number of hydrogen-bond acceptors (Lipinski definition) is 14. The predicted molar refractivity (Wildman–Crippen MR) is 194 cm³/mol. The number of nitriles is 2. The van der Waals surface area contributed by atoms with Gasteiger partial charge in [-0.25, -0.2) is 29.5 Å². The van der Waals surface area contributed by atoms with E-state index in [1.54, 1.807) is 22.7 Å². The number of carbonyl (C=O) groups excluding carboxylic acids is 2. The van der Waals surface area contributed by atoms with Crippen LogP contribution >= 0.6 is 22.7 Å². The van der Waals surface area contributed by atoms with Crippen LogP contribution in [0, 0.1) is 22.7 Å². The number of aryl methyl sites for hydroxylation is 4. The van der Waals surface area contributed by atoms with Crippen LogP contribution in [0.15, 0.2) is 35.3 Å². The molecule has 4 aliphatic rings. The Bertz CT molecular complexity index is 2100. The Morgan fingerprint density at radius 3 is 1.46 bits per heavy atom. The molecule has 4 heterocycles. The smallest absolute Gasteiger partial charge is 0.337 e. The molecule has 14 heteroatoms. The highest BCUT2D eigenvalue weighted by Gasteiger charge is 2.45. The van der Waals surface area contributed by atoms with E-state index in [0.29, 0.717) is 24.2 Å². The molecule has 4 aromatic rings. The second-order valence-electron chi connectivity index (χ2n) is 13.8. The maximum atomic E-state index is 12.1. The molecule has 0 fully saturated rings. The molecule has 4 aliphatic carbocycles. The first kappa shape index (κ1) is 35.5. The molecule has 0 bridgehead atoms. The highest BCUT2D eigenvalue weighted by Crippen LogP contribution is 2.48. The molecule has 2 atom stereocenters. The number of hydrogen-bond donors (Lipinski definition) is 2. The second-order valence-corrected chi connectivity index (χ2v) is 16.0.